The van der Waals surface area contributed by atoms with E-state index in [4.69, 9.17) is 19.4 Å². The van der Waals surface area contributed by atoms with E-state index in [0.717, 1.165) is 31.5 Å². The second kappa shape index (κ2) is 9.74. The number of alkyl halides is 3. The van der Waals surface area contributed by atoms with Crippen molar-refractivity contribution in [2.45, 2.75) is 37.3 Å². The molecule has 2 aromatic rings. The molecule has 0 bridgehead atoms. The van der Waals surface area contributed by atoms with E-state index in [-0.39, 0.29) is 11.7 Å². The van der Waals surface area contributed by atoms with E-state index in [1.807, 2.05) is 0 Å². The summed E-state index contributed by atoms with van der Waals surface area (Å²) in [6.45, 7) is 2.74. The molecule has 3 heterocycles. The first-order valence-electron chi connectivity index (χ1n) is 9.59. The summed E-state index contributed by atoms with van der Waals surface area (Å²) < 4.78 is 69.9. The molecule has 7 nitrogen and oxygen atoms in total. The Morgan fingerprint density at radius 2 is 1.97 bits per heavy atom. The van der Waals surface area contributed by atoms with Crippen LogP contribution < -0.4 is 4.74 Å². The van der Waals surface area contributed by atoms with Crippen molar-refractivity contribution >= 4 is 5.97 Å². The van der Waals surface area contributed by atoms with Gasteiger partial charge in [-0.1, -0.05) is 6.07 Å². The van der Waals surface area contributed by atoms with Crippen LogP contribution in [-0.4, -0.2) is 63.5 Å². The minimum atomic E-state index is -5.08. The normalized spacial score (nSPS) is 20.1. The molecule has 12 heteroatoms. The zero-order valence-corrected chi connectivity index (χ0v) is 16.7. The number of hydrogen-bond acceptors (Lipinski definition) is 6. The van der Waals surface area contributed by atoms with Crippen LogP contribution >= 0.6 is 0 Å². The number of halogens is 5. The maximum absolute atomic E-state index is 13.3. The summed E-state index contributed by atoms with van der Waals surface area (Å²) in [5.41, 5.74) is 0.542. The first kappa shape index (κ1) is 23.8. The van der Waals surface area contributed by atoms with E-state index in [1.165, 1.54) is 12.1 Å². The van der Waals surface area contributed by atoms with E-state index in [2.05, 4.69) is 14.9 Å². The maximum Gasteiger partial charge on any atom is 0.490 e. The van der Waals surface area contributed by atoms with Crippen LogP contribution in [0.15, 0.2) is 36.8 Å². The van der Waals surface area contributed by atoms with Gasteiger partial charge in [0.25, 0.3) is 0 Å². The van der Waals surface area contributed by atoms with Gasteiger partial charge in [0, 0.05) is 44.9 Å². The van der Waals surface area contributed by atoms with Crippen molar-refractivity contribution in [3.63, 3.8) is 0 Å². The molecule has 174 valence electrons. The Balaban J connectivity index is 0.000000360. The second-order valence-electron chi connectivity index (χ2n) is 7.50. The van der Waals surface area contributed by atoms with Crippen molar-refractivity contribution in [2.24, 2.45) is 0 Å². The molecule has 2 aliphatic rings. The number of carbonyl (C=O) groups is 1. The fraction of sp³-hybridized carbons (Fsp3) is 0.450. The third kappa shape index (κ3) is 6.33. The van der Waals surface area contributed by atoms with Crippen LogP contribution in [0.5, 0.6) is 5.88 Å². The zero-order valence-electron chi connectivity index (χ0n) is 16.7. The van der Waals surface area contributed by atoms with E-state index in [9.17, 15) is 22.0 Å². The summed E-state index contributed by atoms with van der Waals surface area (Å²) in [5.74, 6) is -3.85. The average molecular weight is 461 g/mol. The summed E-state index contributed by atoms with van der Waals surface area (Å²) in [7, 11) is 0. The highest BCUT2D eigenvalue weighted by molar-refractivity contribution is 5.73. The van der Waals surface area contributed by atoms with Gasteiger partial charge in [-0.3, -0.25) is 9.88 Å². The van der Waals surface area contributed by atoms with Gasteiger partial charge < -0.3 is 14.6 Å². The lowest BCUT2D eigenvalue weighted by atomic mass is 9.84. The molecule has 0 amide bonds. The summed E-state index contributed by atoms with van der Waals surface area (Å²) in [6.07, 6.45) is 1.41. The van der Waals surface area contributed by atoms with Crippen LogP contribution in [-0.2, 0) is 16.1 Å². The standard InChI is InChI=1S/C18H19F2N3O2.C2HF3O2/c19-15-2-1-13(7-16(15)20)10-23-11-18(12-23)8-14(3-6-24-18)25-17-9-21-4-5-22-17;3-2(4,5)1(6)7/h1-2,4-5,7,9,14H,3,6,8,10-12H2;(H,6,7). The molecule has 2 fully saturated rings. The molecule has 1 N–H and O–H groups in total. The zero-order chi connectivity index (χ0) is 23.4. The van der Waals surface area contributed by atoms with Gasteiger partial charge >= 0.3 is 12.1 Å². The van der Waals surface area contributed by atoms with Crippen molar-refractivity contribution in [3.8, 4) is 5.88 Å². The van der Waals surface area contributed by atoms with Crippen LogP contribution in [0.3, 0.4) is 0 Å². The molecular formula is C20H20F5N3O4. The van der Waals surface area contributed by atoms with Crippen molar-refractivity contribution in [1.29, 1.82) is 0 Å². The molecule has 32 heavy (non-hydrogen) atoms. The first-order valence-corrected chi connectivity index (χ1v) is 9.59. The topological polar surface area (TPSA) is 84.8 Å². The van der Waals surface area contributed by atoms with Crippen LogP contribution in [0, 0.1) is 11.6 Å². The second-order valence-corrected chi connectivity index (χ2v) is 7.50. The van der Waals surface area contributed by atoms with E-state index in [0.29, 0.717) is 19.0 Å². The lowest BCUT2D eigenvalue weighted by Crippen LogP contribution is -2.65. The van der Waals surface area contributed by atoms with E-state index in [1.54, 1.807) is 24.7 Å². The minimum absolute atomic E-state index is 0.0517. The number of benzene rings is 1. The highest BCUT2D eigenvalue weighted by Gasteiger charge is 2.48. The summed E-state index contributed by atoms with van der Waals surface area (Å²) in [6, 6.07) is 4.04. The van der Waals surface area contributed by atoms with Crippen LogP contribution in [0.2, 0.25) is 0 Å². The van der Waals surface area contributed by atoms with Gasteiger partial charge in [0.15, 0.2) is 11.6 Å². The summed E-state index contributed by atoms with van der Waals surface area (Å²) in [5, 5.41) is 7.12. The van der Waals surface area contributed by atoms with Gasteiger partial charge in [-0.2, -0.15) is 13.2 Å². The predicted octanol–water partition coefficient (Wildman–Crippen LogP) is 3.20. The Kier molecular flexibility index (Phi) is 7.24. The highest BCUT2D eigenvalue weighted by atomic mass is 19.4. The number of aliphatic carboxylic acids is 1. The van der Waals surface area contributed by atoms with Gasteiger partial charge in [-0.05, 0) is 17.7 Å². The Morgan fingerprint density at radius 1 is 1.25 bits per heavy atom. The number of ether oxygens (including phenoxy) is 2. The van der Waals surface area contributed by atoms with Crippen molar-refractivity contribution in [1.82, 2.24) is 14.9 Å². The molecule has 2 aliphatic heterocycles. The van der Waals surface area contributed by atoms with Gasteiger partial charge in [0.1, 0.15) is 6.10 Å². The van der Waals surface area contributed by atoms with Crippen molar-refractivity contribution in [3.05, 3.63) is 54.0 Å². The number of aromatic nitrogens is 2. The quantitative estimate of drug-likeness (QED) is 0.700. The molecule has 1 unspecified atom stereocenters. The third-order valence-electron chi connectivity index (χ3n) is 4.93. The maximum atomic E-state index is 13.3. The monoisotopic (exact) mass is 461 g/mol. The van der Waals surface area contributed by atoms with Crippen molar-refractivity contribution < 1.29 is 41.3 Å². The summed E-state index contributed by atoms with van der Waals surface area (Å²) in [4.78, 5) is 19.2. The minimum Gasteiger partial charge on any atom is -0.475 e. The Morgan fingerprint density at radius 3 is 2.56 bits per heavy atom. The molecule has 0 aliphatic carbocycles. The van der Waals surface area contributed by atoms with Crippen LogP contribution in [0.4, 0.5) is 22.0 Å². The van der Waals surface area contributed by atoms with Crippen molar-refractivity contribution in [2.75, 3.05) is 19.7 Å². The molecule has 1 aromatic heterocycles. The lowest BCUT2D eigenvalue weighted by molar-refractivity contribution is -0.192. The van der Waals surface area contributed by atoms with Gasteiger partial charge in [-0.25, -0.2) is 18.6 Å². The largest absolute Gasteiger partial charge is 0.490 e. The molecule has 1 spiro atoms. The Labute approximate surface area is 179 Å². The van der Waals surface area contributed by atoms with Crippen LogP contribution in [0.1, 0.15) is 18.4 Å². The van der Waals surface area contributed by atoms with E-state index >= 15 is 0 Å². The third-order valence-corrected chi connectivity index (χ3v) is 4.93. The predicted molar refractivity (Wildman–Crippen MR) is 99.7 cm³/mol. The fourth-order valence-corrected chi connectivity index (χ4v) is 3.60. The number of rotatable bonds is 4. The average Bonchev–Trinajstić information content (AvgIpc) is 2.70. The molecule has 1 atom stereocenters. The number of carboxylic acid groups (broad SMARTS) is 1. The van der Waals surface area contributed by atoms with E-state index < -0.39 is 23.8 Å². The molecule has 0 radical (unpaired) electrons. The lowest BCUT2D eigenvalue weighted by Gasteiger charge is -2.53. The molecule has 0 saturated carbocycles. The first-order chi connectivity index (χ1) is 15.1. The van der Waals surface area contributed by atoms with Crippen LogP contribution in [0.25, 0.3) is 0 Å². The highest BCUT2D eigenvalue weighted by Crippen LogP contribution is 2.36. The number of nitrogens with zero attached hydrogens (tertiary/aromatic N) is 3. The van der Waals surface area contributed by atoms with Gasteiger partial charge in [0.2, 0.25) is 5.88 Å². The SMILES string of the molecule is Fc1ccc(CN2CC3(CC(Oc4cnccn4)CCO3)C2)cc1F.O=C(O)C(F)(F)F. The fourth-order valence-electron chi connectivity index (χ4n) is 3.60. The molecular weight excluding hydrogens is 441 g/mol. The van der Waals surface area contributed by atoms with Gasteiger partial charge in [0.05, 0.1) is 18.4 Å². The Hall–Kier alpha value is -2.86. The Bertz CT molecular complexity index is 923. The smallest absolute Gasteiger partial charge is 0.475 e. The number of hydrogen-bond donors (Lipinski definition) is 1. The summed E-state index contributed by atoms with van der Waals surface area (Å²) >= 11 is 0. The molecule has 2 saturated heterocycles. The number of carboxylic acids is 1. The molecule has 1 aromatic carbocycles. The number of likely N-dealkylation sites (tertiary alicyclic amines) is 1. The van der Waals surface area contributed by atoms with Gasteiger partial charge in [-0.15, -0.1) is 0 Å². The molecule has 4 rings (SSSR count).